The first kappa shape index (κ1) is 17.4. The van der Waals surface area contributed by atoms with Crippen LogP contribution in [0.25, 0.3) is 0 Å². The summed E-state index contributed by atoms with van der Waals surface area (Å²) in [6.07, 6.45) is 1.25. The van der Waals surface area contributed by atoms with Crippen LogP contribution in [0.1, 0.15) is 41.0 Å². The third kappa shape index (κ3) is 5.99. The zero-order valence-electron chi connectivity index (χ0n) is 7.79. The Balaban J connectivity index is -0.000000245. The second-order valence-corrected chi connectivity index (χ2v) is 3.24. The monoisotopic (exact) mass is 216 g/mol. The molecule has 0 aliphatic carbocycles. The molecule has 0 aromatic carbocycles. The molecule has 0 radical (unpaired) electrons. The quantitative estimate of drug-likeness (QED) is 0.439. The van der Waals surface area contributed by atoms with Crippen molar-refractivity contribution in [2.45, 2.75) is 41.0 Å². The second-order valence-electron chi connectivity index (χ2n) is 3.24. The molecule has 0 aromatic rings. The molecule has 0 aliphatic rings. The molecule has 0 amide bonds. The Kier molecular flexibility index (Phi) is 12.0. The van der Waals surface area contributed by atoms with Crippen molar-refractivity contribution in [3.8, 4) is 0 Å². The van der Waals surface area contributed by atoms with E-state index < -0.39 is 0 Å². The van der Waals surface area contributed by atoms with Gasteiger partial charge in [0.1, 0.15) is 0 Å². The van der Waals surface area contributed by atoms with Gasteiger partial charge < -0.3 is 22.9 Å². The van der Waals surface area contributed by atoms with Crippen LogP contribution in [0, 0.1) is 11.3 Å². The zero-order valence-corrected chi connectivity index (χ0v) is 10.8. The van der Waals surface area contributed by atoms with Gasteiger partial charge in [0.15, 0.2) is 0 Å². The van der Waals surface area contributed by atoms with Crippen molar-refractivity contribution in [2.24, 2.45) is 5.41 Å². The third-order valence-electron chi connectivity index (χ3n) is 2.24. The molecule has 0 fully saturated rings. The molecule has 0 saturated carbocycles. The fourth-order valence-electron chi connectivity index (χ4n) is 0.354. The average molecular weight is 217 g/mol. The Morgan fingerprint density at radius 3 is 1.50 bits per heavy atom. The minimum Gasteiger partial charge on any atom is -1.00 e. The summed E-state index contributed by atoms with van der Waals surface area (Å²) >= 11 is 0. The normalized spacial score (nSPS) is 10.2. The summed E-state index contributed by atoms with van der Waals surface area (Å²) in [7, 11) is 0. The molecule has 0 bridgehead atoms. The molecule has 2 heteroatoms. The number of hydrogen-bond donors (Lipinski definition) is 0. The first-order valence-corrected chi connectivity index (χ1v) is 3.31. The minimum atomic E-state index is 0. The molecule has 10 heavy (non-hydrogen) atoms. The van der Waals surface area contributed by atoms with E-state index in [2.05, 4.69) is 34.6 Å². The molecular weight excluding hydrogens is 200 g/mol. The van der Waals surface area contributed by atoms with Gasteiger partial charge in [0.05, 0.1) is 0 Å². The van der Waals surface area contributed by atoms with Crippen molar-refractivity contribution in [2.75, 3.05) is 0 Å². The summed E-state index contributed by atoms with van der Waals surface area (Å²) in [5.74, 6) is 1.53. The maximum absolute atomic E-state index is 2.28. The van der Waals surface area contributed by atoms with Gasteiger partial charge in [0.25, 0.3) is 0 Å². The SMILES string of the molecule is CCC(C)(C)[C-](C)C.[Br-].[Mg+2]. The van der Waals surface area contributed by atoms with Crippen molar-refractivity contribution in [3.05, 3.63) is 5.92 Å². The van der Waals surface area contributed by atoms with E-state index in [4.69, 9.17) is 0 Å². The van der Waals surface area contributed by atoms with E-state index in [9.17, 15) is 0 Å². The van der Waals surface area contributed by atoms with Gasteiger partial charge in [-0.3, -0.25) is 0 Å². The molecule has 0 saturated heterocycles. The molecule has 0 rings (SSSR count). The van der Waals surface area contributed by atoms with Crippen LogP contribution in [0.2, 0.25) is 0 Å². The Morgan fingerprint density at radius 1 is 1.20 bits per heavy atom. The molecule has 0 heterocycles. The Morgan fingerprint density at radius 2 is 1.50 bits per heavy atom. The van der Waals surface area contributed by atoms with Gasteiger partial charge in [0.2, 0.25) is 0 Å². The molecule has 0 aromatic heterocycles. The van der Waals surface area contributed by atoms with Gasteiger partial charge in [-0.05, 0) is 0 Å². The van der Waals surface area contributed by atoms with Crippen molar-refractivity contribution < 1.29 is 17.0 Å². The van der Waals surface area contributed by atoms with Crippen LogP contribution in [0.15, 0.2) is 0 Å². The predicted molar refractivity (Wildman–Crippen MR) is 44.4 cm³/mol. The first-order chi connectivity index (χ1) is 3.50. The summed E-state index contributed by atoms with van der Waals surface area (Å²) < 4.78 is 0. The van der Waals surface area contributed by atoms with Gasteiger partial charge in [-0.15, -0.1) is 0 Å². The fourth-order valence-corrected chi connectivity index (χ4v) is 0.354. The van der Waals surface area contributed by atoms with E-state index >= 15 is 0 Å². The predicted octanol–water partition coefficient (Wildman–Crippen LogP) is -0.340. The van der Waals surface area contributed by atoms with E-state index in [1.165, 1.54) is 12.3 Å². The van der Waals surface area contributed by atoms with Crippen LogP contribution in [0.4, 0.5) is 0 Å². The largest absolute Gasteiger partial charge is 2.00 e. The van der Waals surface area contributed by atoms with Gasteiger partial charge in [-0.2, -0.15) is 19.3 Å². The van der Waals surface area contributed by atoms with E-state index in [1.807, 2.05) is 0 Å². The third-order valence-corrected chi connectivity index (χ3v) is 2.24. The van der Waals surface area contributed by atoms with Gasteiger partial charge in [-0.1, -0.05) is 27.2 Å². The molecule has 0 N–H and O–H groups in total. The molecule has 0 nitrogen and oxygen atoms in total. The van der Waals surface area contributed by atoms with Crippen LogP contribution in [-0.2, 0) is 0 Å². The van der Waals surface area contributed by atoms with E-state index in [0.29, 0.717) is 5.41 Å². The molecule has 0 unspecified atom stereocenters. The van der Waals surface area contributed by atoms with E-state index in [-0.39, 0.29) is 40.0 Å². The maximum atomic E-state index is 2.28. The zero-order chi connectivity index (χ0) is 6.78. The molecule has 58 valence electrons. The van der Waals surface area contributed by atoms with Crippen LogP contribution in [0.3, 0.4) is 0 Å². The summed E-state index contributed by atoms with van der Waals surface area (Å²) in [5, 5.41) is 0. The number of rotatable bonds is 2. The van der Waals surface area contributed by atoms with Crippen molar-refractivity contribution in [3.63, 3.8) is 0 Å². The van der Waals surface area contributed by atoms with Crippen molar-refractivity contribution in [1.29, 1.82) is 0 Å². The minimum absolute atomic E-state index is 0. The van der Waals surface area contributed by atoms with Crippen LogP contribution in [0.5, 0.6) is 0 Å². The fraction of sp³-hybridized carbons (Fsp3) is 0.875. The second kappa shape index (κ2) is 6.93. The van der Waals surface area contributed by atoms with Crippen LogP contribution >= 0.6 is 0 Å². The first-order valence-electron chi connectivity index (χ1n) is 3.31. The summed E-state index contributed by atoms with van der Waals surface area (Å²) in [4.78, 5) is 0. The molecule has 0 atom stereocenters. The van der Waals surface area contributed by atoms with Gasteiger partial charge in [-0.25, -0.2) is 0 Å². The number of hydrogen-bond acceptors (Lipinski definition) is 0. The van der Waals surface area contributed by atoms with Crippen LogP contribution in [-0.4, -0.2) is 23.1 Å². The van der Waals surface area contributed by atoms with Crippen molar-refractivity contribution >= 4 is 23.1 Å². The van der Waals surface area contributed by atoms with E-state index in [0.717, 1.165) is 0 Å². The smallest absolute Gasteiger partial charge is 1.00 e. The summed E-state index contributed by atoms with van der Waals surface area (Å²) in [6, 6.07) is 0. The van der Waals surface area contributed by atoms with Crippen molar-refractivity contribution in [1.82, 2.24) is 0 Å². The Bertz CT molecular complexity index is 69.7. The van der Waals surface area contributed by atoms with E-state index in [1.54, 1.807) is 0 Å². The molecule has 0 spiro atoms. The Labute approximate surface area is 92.1 Å². The van der Waals surface area contributed by atoms with Gasteiger partial charge in [0, 0.05) is 0 Å². The standard InChI is InChI=1S/C8H17.BrH.Mg/c1-6-8(4,5)7(2)3;;/h6H2,1-5H3;1H;/q-1;;+2/p-1. The topological polar surface area (TPSA) is 0 Å². The Hall–Kier alpha value is 1.25. The number of halogens is 1. The maximum Gasteiger partial charge on any atom is 2.00 e. The van der Waals surface area contributed by atoms with Crippen LogP contribution < -0.4 is 17.0 Å². The summed E-state index contributed by atoms with van der Waals surface area (Å²) in [6.45, 7) is 11.2. The average Bonchev–Trinajstić information content (AvgIpc) is 1.67. The molecular formula is C8H17BrMg. The summed E-state index contributed by atoms with van der Waals surface area (Å²) in [5.41, 5.74) is 0.458. The van der Waals surface area contributed by atoms with Gasteiger partial charge >= 0.3 is 23.1 Å². The molecule has 0 aliphatic heterocycles.